The van der Waals surface area contributed by atoms with Crippen LogP contribution in [0.2, 0.25) is 5.02 Å². The van der Waals surface area contributed by atoms with Gasteiger partial charge in [0.1, 0.15) is 0 Å². The van der Waals surface area contributed by atoms with Gasteiger partial charge in [0, 0.05) is 10.7 Å². The van der Waals surface area contributed by atoms with Gasteiger partial charge in [-0.2, -0.15) is 0 Å². The number of aliphatic hydroxyl groups is 1. The van der Waals surface area contributed by atoms with Crippen LogP contribution in [0.4, 0.5) is 28.4 Å². The highest BCUT2D eigenvalue weighted by Crippen LogP contribution is 2.37. The molecule has 0 spiro atoms. The molecule has 0 aliphatic carbocycles. The zero-order chi connectivity index (χ0) is 22.7. The lowest BCUT2D eigenvalue weighted by atomic mass is 9.89. The minimum atomic E-state index is -0.967. The summed E-state index contributed by atoms with van der Waals surface area (Å²) in [5.41, 5.74) is 12.1. The first-order valence-electron chi connectivity index (χ1n) is 10.4. The molecule has 0 aliphatic rings. The van der Waals surface area contributed by atoms with Crippen LogP contribution < -0.4 is 16.4 Å². The Bertz CT molecular complexity index is 1250. The summed E-state index contributed by atoms with van der Waals surface area (Å²) in [5.74, 6) is 0. The van der Waals surface area contributed by atoms with E-state index in [0.29, 0.717) is 10.7 Å². The van der Waals surface area contributed by atoms with E-state index in [1.165, 1.54) is 0 Å². The first-order valence-corrected chi connectivity index (χ1v) is 10.8. The fourth-order valence-electron chi connectivity index (χ4n) is 3.67. The van der Waals surface area contributed by atoms with E-state index >= 15 is 0 Å². The van der Waals surface area contributed by atoms with Crippen molar-refractivity contribution in [3.05, 3.63) is 102 Å². The lowest BCUT2D eigenvalue weighted by Gasteiger charge is -2.23. The van der Waals surface area contributed by atoms with Gasteiger partial charge in [0.25, 0.3) is 0 Å². The molecule has 5 N–H and O–H groups in total. The average molecular weight is 444 g/mol. The van der Waals surface area contributed by atoms with Crippen molar-refractivity contribution in [3.63, 3.8) is 0 Å². The van der Waals surface area contributed by atoms with Crippen LogP contribution in [0.25, 0.3) is 11.1 Å². The van der Waals surface area contributed by atoms with Crippen molar-refractivity contribution in [2.75, 3.05) is 16.4 Å². The lowest BCUT2D eigenvalue weighted by molar-refractivity contribution is 0.0792. The van der Waals surface area contributed by atoms with Gasteiger partial charge in [-0.25, -0.2) is 0 Å². The Labute approximate surface area is 193 Å². The fourth-order valence-corrected chi connectivity index (χ4v) is 3.86. The van der Waals surface area contributed by atoms with Gasteiger partial charge < -0.3 is 21.5 Å². The van der Waals surface area contributed by atoms with Crippen molar-refractivity contribution in [1.82, 2.24) is 0 Å². The predicted molar refractivity (Wildman–Crippen MR) is 136 cm³/mol. The Morgan fingerprint density at radius 2 is 1.50 bits per heavy atom. The zero-order valence-electron chi connectivity index (χ0n) is 18.1. The minimum Gasteiger partial charge on any atom is -0.397 e. The molecular formula is C27H26ClN3O. The molecular weight excluding hydrogens is 418 g/mol. The molecule has 32 heavy (non-hydrogen) atoms. The van der Waals surface area contributed by atoms with E-state index in [4.69, 9.17) is 17.3 Å². The molecule has 0 aliphatic heterocycles. The summed E-state index contributed by atoms with van der Waals surface area (Å²) in [5, 5.41) is 18.3. The molecule has 0 atom stereocenters. The lowest BCUT2D eigenvalue weighted by Crippen LogP contribution is -2.16. The van der Waals surface area contributed by atoms with Crippen LogP contribution in [0.5, 0.6) is 0 Å². The number of para-hydroxylation sites is 2. The van der Waals surface area contributed by atoms with Crippen molar-refractivity contribution < 1.29 is 5.11 Å². The van der Waals surface area contributed by atoms with Crippen molar-refractivity contribution in [1.29, 1.82) is 0 Å². The molecule has 0 fully saturated rings. The summed E-state index contributed by atoms with van der Waals surface area (Å²) in [6, 6.07) is 29.2. The highest BCUT2D eigenvalue weighted by atomic mass is 35.5. The maximum absolute atomic E-state index is 10.7. The highest BCUT2D eigenvalue weighted by Gasteiger charge is 2.21. The molecule has 162 valence electrons. The van der Waals surface area contributed by atoms with Gasteiger partial charge in [-0.05, 0) is 73.0 Å². The third kappa shape index (κ3) is 4.88. The number of nitrogens with one attached hydrogen (secondary N) is 2. The van der Waals surface area contributed by atoms with Crippen molar-refractivity contribution in [2.45, 2.75) is 19.4 Å². The van der Waals surface area contributed by atoms with Crippen LogP contribution in [0.3, 0.4) is 0 Å². The van der Waals surface area contributed by atoms with Gasteiger partial charge in [0.15, 0.2) is 0 Å². The minimum absolute atomic E-state index is 0.656. The fraction of sp³-hybridized carbons (Fsp3) is 0.111. The van der Waals surface area contributed by atoms with Crippen LogP contribution in [0, 0.1) is 0 Å². The third-order valence-electron chi connectivity index (χ3n) is 5.25. The molecule has 0 heterocycles. The summed E-state index contributed by atoms with van der Waals surface area (Å²) in [6.07, 6.45) is 0. The molecule has 0 saturated carbocycles. The van der Waals surface area contributed by atoms with Crippen LogP contribution >= 0.6 is 11.6 Å². The number of hydrogen-bond donors (Lipinski definition) is 4. The Balaban J connectivity index is 1.81. The van der Waals surface area contributed by atoms with E-state index in [1.807, 2.05) is 84.9 Å². The largest absolute Gasteiger partial charge is 0.397 e. The smallest absolute Gasteiger partial charge is 0.0846 e. The molecule has 0 unspecified atom stereocenters. The van der Waals surface area contributed by atoms with Crippen molar-refractivity contribution >= 4 is 40.0 Å². The number of nitrogens with two attached hydrogens (primary N) is 1. The van der Waals surface area contributed by atoms with Crippen LogP contribution in [0.15, 0.2) is 91.0 Å². The molecule has 4 nitrogen and oxygen atoms in total. The second-order valence-corrected chi connectivity index (χ2v) is 8.65. The Morgan fingerprint density at radius 3 is 2.25 bits per heavy atom. The number of rotatable bonds is 6. The number of hydrogen-bond acceptors (Lipinski definition) is 4. The van der Waals surface area contributed by atoms with E-state index in [0.717, 1.165) is 39.4 Å². The van der Waals surface area contributed by atoms with Crippen molar-refractivity contribution in [3.8, 4) is 11.1 Å². The predicted octanol–water partition coefficient (Wildman–Crippen LogP) is 7.30. The maximum atomic E-state index is 10.7. The zero-order valence-corrected chi connectivity index (χ0v) is 18.8. The third-order valence-corrected chi connectivity index (χ3v) is 5.49. The summed E-state index contributed by atoms with van der Waals surface area (Å²) in [7, 11) is 0. The first kappa shape index (κ1) is 21.8. The number of benzene rings is 4. The van der Waals surface area contributed by atoms with Crippen LogP contribution in [0.1, 0.15) is 19.4 Å². The number of anilines is 5. The van der Waals surface area contributed by atoms with Gasteiger partial charge in [0.05, 0.1) is 28.4 Å². The molecule has 4 rings (SSSR count). The number of nitrogen functional groups attached to an aromatic ring is 1. The molecule has 0 radical (unpaired) electrons. The molecule has 0 saturated heterocycles. The Morgan fingerprint density at radius 1 is 0.750 bits per heavy atom. The molecule has 5 heteroatoms. The van der Waals surface area contributed by atoms with Gasteiger partial charge in [-0.15, -0.1) is 0 Å². The molecule has 0 amide bonds. The Hall–Kier alpha value is -3.47. The highest BCUT2D eigenvalue weighted by molar-refractivity contribution is 6.30. The summed E-state index contributed by atoms with van der Waals surface area (Å²) in [6.45, 7) is 3.59. The van der Waals surface area contributed by atoms with E-state index in [9.17, 15) is 5.11 Å². The van der Waals surface area contributed by atoms with Gasteiger partial charge in [-0.1, -0.05) is 60.1 Å². The summed E-state index contributed by atoms with van der Waals surface area (Å²) in [4.78, 5) is 0. The van der Waals surface area contributed by atoms with Crippen LogP contribution in [-0.4, -0.2) is 5.11 Å². The van der Waals surface area contributed by atoms with Gasteiger partial charge in [-0.3, -0.25) is 0 Å². The van der Waals surface area contributed by atoms with E-state index in [2.05, 4.69) is 16.7 Å². The van der Waals surface area contributed by atoms with Crippen LogP contribution in [-0.2, 0) is 5.60 Å². The second kappa shape index (κ2) is 8.95. The van der Waals surface area contributed by atoms with E-state index in [1.54, 1.807) is 13.8 Å². The first-order chi connectivity index (χ1) is 15.3. The standard InChI is InChI=1S/C27H26ClN3O/c1-27(2,32)22-11-4-3-10-21(22)18-14-15-25(30-20-9-7-8-19(28)17-20)26(16-18)31-24-13-6-5-12-23(24)29/h3-17,30-32H,29H2,1-2H3. The van der Waals surface area contributed by atoms with Crippen molar-refractivity contribution in [2.24, 2.45) is 0 Å². The molecule has 0 bridgehead atoms. The Kier molecular flexibility index (Phi) is 6.08. The monoisotopic (exact) mass is 443 g/mol. The maximum Gasteiger partial charge on any atom is 0.0846 e. The second-order valence-electron chi connectivity index (χ2n) is 8.21. The van der Waals surface area contributed by atoms with Gasteiger partial charge in [0.2, 0.25) is 0 Å². The molecule has 4 aromatic rings. The van der Waals surface area contributed by atoms with E-state index in [-0.39, 0.29) is 0 Å². The van der Waals surface area contributed by atoms with Gasteiger partial charge >= 0.3 is 0 Å². The molecule has 0 aromatic heterocycles. The topological polar surface area (TPSA) is 70.3 Å². The molecule has 4 aromatic carbocycles. The summed E-state index contributed by atoms with van der Waals surface area (Å²) < 4.78 is 0. The SMILES string of the molecule is CC(C)(O)c1ccccc1-c1ccc(Nc2cccc(Cl)c2)c(Nc2ccccc2N)c1. The average Bonchev–Trinajstić information content (AvgIpc) is 2.76. The quantitative estimate of drug-likeness (QED) is 0.236. The number of halogens is 1. The summed E-state index contributed by atoms with van der Waals surface area (Å²) >= 11 is 6.17. The van der Waals surface area contributed by atoms with E-state index < -0.39 is 5.60 Å². The normalized spacial score (nSPS) is 11.2.